The fourth-order valence-electron chi connectivity index (χ4n) is 2.08. The maximum atomic E-state index is 4.28. The Morgan fingerprint density at radius 3 is 2.88 bits per heavy atom. The van der Waals surface area contributed by atoms with Crippen LogP contribution in [0.25, 0.3) is 0 Å². The number of hydrogen-bond acceptors (Lipinski definition) is 3. The van der Waals surface area contributed by atoms with Crippen LogP contribution in [0.3, 0.4) is 0 Å². The van der Waals surface area contributed by atoms with E-state index in [1.807, 2.05) is 22.9 Å². The molecule has 1 atom stereocenters. The minimum atomic E-state index is 0.143. The molecule has 3 rings (SSSR count). The zero-order valence-corrected chi connectivity index (χ0v) is 9.67. The van der Waals surface area contributed by atoms with Crippen molar-refractivity contribution in [1.29, 1.82) is 0 Å². The van der Waals surface area contributed by atoms with Crippen LogP contribution < -0.4 is 5.32 Å². The molecule has 0 unspecified atom stereocenters. The molecule has 0 bridgehead atoms. The molecule has 0 fully saturated rings. The van der Waals surface area contributed by atoms with E-state index in [0.717, 1.165) is 12.4 Å². The molecule has 1 N–H and O–H groups in total. The highest BCUT2D eigenvalue weighted by Crippen LogP contribution is 2.28. The summed E-state index contributed by atoms with van der Waals surface area (Å²) >= 11 is 0. The van der Waals surface area contributed by atoms with Crippen molar-refractivity contribution >= 4 is 5.95 Å². The molecule has 4 nitrogen and oxygen atoms in total. The van der Waals surface area contributed by atoms with Crippen LogP contribution in [0.1, 0.15) is 24.9 Å². The van der Waals surface area contributed by atoms with Crippen molar-refractivity contribution in [2.75, 3.05) is 5.32 Å². The van der Waals surface area contributed by atoms with Gasteiger partial charge in [-0.1, -0.05) is 37.3 Å². The molecule has 4 heteroatoms. The molecule has 1 aromatic heterocycles. The second-order valence-electron chi connectivity index (χ2n) is 4.05. The van der Waals surface area contributed by atoms with Crippen LogP contribution in [0.2, 0.25) is 0 Å². The van der Waals surface area contributed by atoms with Gasteiger partial charge in [0, 0.05) is 5.70 Å². The minimum Gasteiger partial charge on any atom is -0.328 e. The fourth-order valence-corrected chi connectivity index (χ4v) is 2.08. The summed E-state index contributed by atoms with van der Waals surface area (Å²) in [6, 6.07) is 10.5. The van der Waals surface area contributed by atoms with Crippen LogP contribution in [0, 0.1) is 0 Å². The average molecular weight is 226 g/mol. The molecule has 0 saturated heterocycles. The Kier molecular flexibility index (Phi) is 2.40. The maximum absolute atomic E-state index is 4.28. The van der Waals surface area contributed by atoms with E-state index < -0.39 is 0 Å². The van der Waals surface area contributed by atoms with Gasteiger partial charge in [-0.2, -0.15) is 10.1 Å². The molecule has 0 radical (unpaired) electrons. The number of nitrogens with one attached hydrogen (secondary N) is 1. The van der Waals surface area contributed by atoms with Crippen LogP contribution in [-0.2, 0) is 0 Å². The van der Waals surface area contributed by atoms with Crippen molar-refractivity contribution < 1.29 is 0 Å². The van der Waals surface area contributed by atoms with Gasteiger partial charge in [-0.3, -0.25) is 0 Å². The highest BCUT2D eigenvalue weighted by molar-refractivity contribution is 5.42. The molecule has 2 aromatic rings. The van der Waals surface area contributed by atoms with Crippen LogP contribution >= 0.6 is 0 Å². The molecule has 0 spiro atoms. The Morgan fingerprint density at radius 1 is 1.29 bits per heavy atom. The molecular formula is C13H14N4. The summed E-state index contributed by atoms with van der Waals surface area (Å²) in [6.07, 6.45) is 4.76. The Bertz CT molecular complexity index is 542. The number of benzene rings is 1. The first kappa shape index (κ1) is 10.1. The Balaban J connectivity index is 2.08. The summed E-state index contributed by atoms with van der Waals surface area (Å²) in [5.41, 5.74) is 2.42. The zero-order chi connectivity index (χ0) is 11.7. The molecule has 1 aromatic carbocycles. The molecular weight excluding hydrogens is 212 g/mol. The second-order valence-corrected chi connectivity index (χ2v) is 4.05. The van der Waals surface area contributed by atoms with Crippen molar-refractivity contribution in [3.8, 4) is 0 Å². The van der Waals surface area contributed by atoms with Gasteiger partial charge in [0.05, 0.1) is 0 Å². The van der Waals surface area contributed by atoms with Crippen molar-refractivity contribution in [3.63, 3.8) is 0 Å². The Morgan fingerprint density at radius 2 is 2.12 bits per heavy atom. The van der Waals surface area contributed by atoms with Gasteiger partial charge in [-0.25, -0.2) is 4.68 Å². The van der Waals surface area contributed by atoms with Crippen molar-refractivity contribution in [3.05, 3.63) is 54.0 Å². The van der Waals surface area contributed by atoms with Gasteiger partial charge in [0.25, 0.3) is 0 Å². The first-order valence-electron chi connectivity index (χ1n) is 5.80. The molecule has 2 heterocycles. The third-order valence-corrected chi connectivity index (χ3v) is 2.99. The molecule has 1 aliphatic rings. The van der Waals surface area contributed by atoms with Crippen LogP contribution in [-0.4, -0.2) is 14.8 Å². The quantitative estimate of drug-likeness (QED) is 0.855. The summed E-state index contributed by atoms with van der Waals surface area (Å²) in [7, 11) is 0. The number of anilines is 1. The molecule has 1 aliphatic heterocycles. The highest BCUT2D eigenvalue weighted by Gasteiger charge is 2.21. The van der Waals surface area contributed by atoms with Crippen LogP contribution in [0.15, 0.2) is 48.4 Å². The molecule has 0 amide bonds. The van der Waals surface area contributed by atoms with E-state index in [0.29, 0.717) is 0 Å². The van der Waals surface area contributed by atoms with Gasteiger partial charge in [0.1, 0.15) is 12.4 Å². The average Bonchev–Trinajstić information content (AvgIpc) is 2.86. The lowest BCUT2D eigenvalue weighted by Crippen LogP contribution is -2.20. The Hall–Kier alpha value is -2.10. The lowest BCUT2D eigenvalue weighted by Gasteiger charge is -2.23. The smallest absolute Gasteiger partial charge is 0.226 e. The number of aromatic nitrogens is 3. The standard InChI is InChI=1S/C13H14N4/c1-2-11-8-12(10-6-4-3-5-7-10)17-13(16-11)14-9-15-17/h3-9,12H,2H2,1H3,(H,14,15,16)/t12-/m1/s1. The molecule has 86 valence electrons. The summed E-state index contributed by atoms with van der Waals surface area (Å²) in [4.78, 5) is 4.23. The van der Waals surface area contributed by atoms with E-state index in [4.69, 9.17) is 0 Å². The van der Waals surface area contributed by atoms with Crippen LogP contribution in [0.5, 0.6) is 0 Å². The third-order valence-electron chi connectivity index (χ3n) is 2.99. The fraction of sp³-hybridized carbons (Fsp3) is 0.231. The maximum Gasteiger partial charge on any atom is 0.226 e. The predicted molar refractivity (Wildman–Crippen MR) is 66.6 cm³/mol. The number of rotatable bonds is 2. The molecule has 17 heavy (non-hydrogen) atoms. The summed E-state index contributed by atoms with van der Waals surface area (Å²) < 4.78 is 1.91. The predicted octanol–water partition coefficient (Wildman–Crippen LogP) is 2.59. The first-order chi connectivity index (χ1) is 8.38. The third kappa shape index (κ3) is 1.71. The van der Waals surface area contributed by atoms with Gasteiger partial charge in [-0.15, -0.1) is 0 Å². The van der Waals surface area contributed by atoms with Gasteiger partial charge < -0.3 is 5.32 Å². The molecule has 0 saturated carbocycles. The van der Waals surface area contributed by atoms with E-state index in [-0.39, 0.29) is 6.04 Å². The first-order valence-corrected chi connectivity index (χ1v) is 5.80. The minimum absolute atomic E-state index is 0.143. The monoisotopic (exact) mass is 226 g/mol. The van der Waals surface area contributed by atoms with Gasteiger partial charge in [-0.05, 0) is 18.1 Å². The number of hydrogen-bond donors (Lipinski definition) is 1. The molecule has 0 aliphatic carbocycles. The van der Waals surface area contributed by atoms with Crippen molar-refractivity contribution in [1.82, 2.24) is 14.8 Å². The van der Waals surface area contributed by atoms with E-state index in [2.05, 4.69) is 40.5 Å². The highest BCUT2D eigenvalue weighted by atomic mass is 15.4. The second kappa shape index (κ2) is 4.05. The summed E-state index contributed by atoms with van der Waals surface area (Å²) in [6.45, 7) is 2.13. The lowest BCUT2D eigenvalue weighted by atomic mass is 10.0. The summed E-state index contributed by atoms with van der Waals surface area (Å²) in [5.74, 6) is 0.818. The van der Waals surface area contributed by atoms with E-state index in [1.165, 1.54) is 11.3 Å². The summed E-state index contributed by atoms with van der Waals surface area (Å²) in [5, 5.41) is 7.56. The largest absolute Gasteiger partial charge is 0.328 e. The SMILES string of the molecule is CCC1=C[C@H](c2ccccc2)n2ncnc2N1. The normalized spacial score (nSPS) is 18.2. The topological polar surface area (TPSA) is 42.7 Å². The number of nitrogens with zero attached hydrogens (tertiary/aromatic N) is 3. The lowest BCUT2D eigenvalue weighted by molar-refractivity contribution is 0.600. The van der Waals surface area contributed by atoms with Gasteiger partial charge in [0.15, 0.2) is 0 Å². The van der Waals surface area contributed by atoms with Crippen molar-refractivity contribution in [2.24, 2.45) is 0 Å². The van der Waals surface area contributed by atoms with E-state index in [9.17, 15) is 0 Å². The Labute approximate surface area is 100.0 Å². The number of allylic oxidation sites excluding steroid dienone is 2. The van der Waals surface area contributed by atoms with Crippen molar-refractivity contribution in [2.45, 2.75) is 19.4 Å². The van der Waals surface area contributed by atoms with E-state index in [1.54, 1.807) is 6.33 Å². The van der Waals surface area contributed by atoms with Gasteiger partial charge in [0.2, 0.25) is 5.95 Å². The van der Waals surface area contributed by atoms with Crippen LogP contribution in [0.4, 0.5) is 5.95 Å². The zero-order valence-electron chi connectivity index (χ0n) is 9.67. The van der Waals surface area contributed by atoms with Gasteiger partial charge >= 0.3 is 0 Å². The number of fused-ring (bicyclic) bond motifs is 1. The van der Waals surface area contributed by atoms with E-state index >= 15 is 0 Å².